The van der Waals surface area contributed by atoms with Gasteiger partial charge in [-0.15, -0.1) is 0 Å². The highest BCUT2D eigenvalue weighted by molar-refractivity contribution is 7.10. The summed E-state index contributed by atoms with van der Waals surface area (Å²) in [6, 6.07) is 2.06. The van der Waals surface area contributed by atoms with Crippen molar-refractivity contribution < 1.29 is 0 Å². The Hall–Kier alpha value is -1.28. The Morgan fingerprint density at radius 2 is 2.20 bits per heavy atom. The largest absolute Gasteiger partial charge is 0.382 e. The standard InChI is InChI=1S/C10H16N4S/c1-6(2)7(3)5-13-10-8(4-11)9(12)14-15-10/h6-7,13H,5H2,1-3H3,(H2,12,14). The summed E-state index contributed by atoms with van der Waals surface area (Å²) in [4.78, 5) is 0. The molecule has 5 heteroatoms. The van der Waals surface area contributed by atoms with Crippen LogP contribution in [0.25, 0.3) is 0 Å². The Bertz CT molecular complexity index is 364. The molecule has 1 aromatic heterocycles. The minimum atomic E-state index is 0.321. The van der Waals surface area contributed by atoms with Gasteiger partial charge in [-0.3, -0.25) is 0 Å². The fourth-order valence-corrected chi connectivity index (χ4v) is 1.69. The van der Waals surface area contributed by atoms with Crippen LogP contribution in [0.2, 0.25) is 0 Å². The van der Waals surface area contributed by atoms with Crippen LogP contribution in [0.15, 0.2) is 0 Å². The van der Waals surface area contributed by atoms with Gasteiger partial charge in [0.15, 0.2) is 5.82 Å². The molecule has 1 unspecified atom stereocenters. The molecule has 0 fully saturated rings. The molecule has 0 spiro atoms. The zero-order chi connectivity index (χ0) is 11.4. The summed E-state index contributed by atoms with van der Waals surface area (Å²) in [5.74, 6) is 1.50. The Morgan fingerprint density at radius 3 is 2.73 bits per heavy atom. The van der Waals surface area contributed by atoms with E-state index in [1.807, 2.05) is 0 Å². The van der Waals surface area contributed by atoms with Gasteiger partial charge in [-0.2, -0.15) is 9.64 Å². The van der Waals surface area contributed by atoms with Gasteiger partial charge in [0.1, 0.15) is 16.6 Å². The number of nitrogens with two attached hydrogens (primary N) is 1. The van der Waals surface area contributed by atoms with E-state index in [4.69, 9.17) is 11.0 Å². The number of nitriles is 1. The molecule has 1 heterocycles. The van der Waals surface area contributed by atoms with Crippen molar-refractivity contribution in [3.63, 3.8) is 0 Å². The van der Waals surface area contributed by atoms with Crippen LogP contribution in [0.4, 0.5) is 10.8 Å². The number of nitrogens with one attached hydrogen (secondary N) is 1. The smallest absolute Gasteiger partial charge is 0.157 e. The van der Waals surface area contributed by atoms with E-state index in [1.165, 1.54) is 11.5 Å². The lowest BCUT2D eigenvalue weighted by molar-refractivity contribution is 0.440. The van der Waals surface area contributed by atoms with Crippen molar-refractivity contribution in [1.82, 2.24) is 4.37 Å². The molecule has 1 rings (SSSR count). The third kappa shape index (κ3) is 2.83. The second-order valence-electron chi connectivity index (χ2n) is 3.99. The maximum absolute atomic E-state index is 8.86. The van der Waals surface area contributed by atoms with Crippen LogP contribution >= 0.6 is 11.5 Å². The topological polar surface area (TPSA) is 74.7 Å². The van der Waals surface area contributed by atoms with Crippen LogP contribution in [0.5, 0.6) is 0 Å². The van der Waals surface area contributed by atoms with Gasteiger partial charge in [0.2, 0.25) is 0 Å². The summed E-state index contributed by atoms with van der Waals surface area (Å²) in [6.45, 7) is 7.37. The van der Waals surface area contributed by atoms with E-state index in [0.29, 0.717) is 23.2 Å². The van der Waals surface area contributed by atoms with Gasteiger partial charge in [0.05, 0.1) is 0 Å². The molecule has 3 N–H and O–H groups in total. The average Bonchev–Trinajstić information content (AvgIpc) is 2.55. The zero-order valence-electron chi connectivity index (χ0n) is 9.24. The molecule has 0 radical (unpaired) electrons. The van der Waals surface area contributed by atoms with Gasteiger partial charge in [0.25, 0.3) is 0 Å². The van der Waals surface area contributed by atoms with E-state index in [-0.39, 0.29) is 0 Å². The van der Waals surface area contributed by atoms with Gasteiger partial charge in [-0.25, -0.2) is 0 Å². The van der Waals surface area contributed by atoms with Crippen molar-refractivity contribution in [2.75, 3.05) is 17.6 Å². The normalized spacial score (nSPS) is 12.5. The van der Waals surface area contributed by atoms with Crippen LogP contribution in [-0.4, -0.2) is 10.9 Å². The Balaban J connectivity index is 2.62. The molecule has 1 atom stereocenters. The summed E-state index contributed by atoms with van der Waals surface area (Å²) in [6.07, 6.45) is 0. The highest BCUT2D eigenvalue weighted by Crippen LogP contribution is 2.26. The minimum Gasteiger partial charge on any atom is -0.382 e. The predicted octanol–water partition coefficient (Wildman–Crippen LogP) is 2.30. The average molecular weight is 224 g/mol. The van der Waals surface area contributed by atoms with Gasteiger partial charge in [-0.1, -0.05) is 20.8 Å². The molecule has 0 saturated heterocycles. The molecule has 15 heavy (non-hydrogen) atoms. The summed E-state index contributed by atoms with van der Waals surface area (Å²) in [5, 5.41) is 12.9. The number of hydrogen-bond donors (Lipinski definition) is 2. The van der Waals surface area contributed by atoms with Crippen LogP contribution in [0.1, 0.15) is 26.3 Å². The van der Waals surface area contributed by atoms with Crippen LogP contribution in [-0.2, 0) is 0 Å². The van der Waals surface area contributed by atoms with Crippen molar-refractivity contribution in [2.45, 2.75) is 20.8 Å². The van der Waals surface area contributed by atoms with Crippen LogP contribution < -0.4 is 11.1 Å². The molecule has 4 nitrogen and oxygen atoms in total. The zero-order valence-corrected chi connectivity index (χ0v) is 10.1. The number of hydrogen-bond acceptors (Lipinski definition) is 5. The third-order valence-electron chi connectivity index (χ3n) is 2.55. The molecule has 0 amide bonds. The second kappa shape index (κ2) is 4.99. The lowest BCUT2D eigenvalue weighted by atomic mass is 9.98. The van der Waals surface area contributed by atoms with Crippen molar-refractivity contribution >= 4 is 22.4 Å². The lowest BCUT2D eigenvalue weighted by Gasteiger charge is -2.15. The molecule has 0 aliphatic heterocycles. The second-order valence-corrected chi connectivity index (χ2v) is 4.76. The highest BCUT2D eigenvalue weighted by Gasteiger charge is 2.12. The molecule has 0 aliphatic carbocycles. The maximum Gasteiger partial charge on any atom is 0.157 e. The number of aromatic nitrogens is 1. The molecule has 0 aromatic carbocycles. The van der Waals surface area contributed by atoms with Crippen LogP contribution in [0, 0.1) is 23.2 Å². The number of nitrogen functional groups attached to an aromatic ring is 1. The van der Waals surface area contributed by atoms with Gasteiger partial charge in [-0.05, 0) is 23.4 Å². The molecule has 1 aromatic rings. The van der Waals surface area contributed by atoms with Crippen molar-refractivity contribution in [2.24, 2.45) is 11.8 Å². The van der Waals surface area contributed by atoms with E-state index in [9.17, 15) is 0 Å². The van der Waals surface area contributed by atoms with E-state index in [2.05, 4.69) is 36.5 Å². The summed E-state index contributed by atoms with van der Waals surface area (Å²) < 4.78 is 3.94. The summed E-state index contributed by atoms with van der Waals surface area (Å²) in [7, 11) is 0. The van der Waals surface area contributed by atoms with Gasteiger partial charge in [0, 0.05) is 6.54 Å². The minimum absolute atomic E-state index is 0.321. The lowest BCUT2D eigenvalue weighted by Crippen LogP contribution is -2.16. The van der Waals surface area contributed by atoms with E-state index in [0.717, 1.165) is 11.5 Å². The molecule has 0 bridgehead atoms. The van der Waals surface area contributed by atoms with E-state index < -0.39 is 0 Å². The van der Waals surface area contributed by atoms with Crippen LogP contribution in [0.3, 0.4) is 0 Å². The fourth-order valence-electron chi connectivity index (χ4n) is 1.02. The fraction of sp³-hybridized carbons (Fsp3) is 0.600. The van der Waals surface area contributed by atoms with Crippen molar-refractivity contribution in [3.8, 4) is 6.07 Å². The Labute approximate surface area is 94.3 Å². The first kappa shape index (κ1) is 11.8. The summed E-state index contributed by atoms with van der Waals surface area (Å²) >= 11 is 1.25. The van der Waals surface area contributed by atoms with Crippen molar-refractivity contribution in [1.29, 1.82) is 5.26 Å². The first-order valence-electron chi connectivity index (χ1n) is 4.95. The van der Waals surface area contributed by atoms with E-state index in [1.54, 1.807) is 0 Å². The maximum atomic E-state index is 8.86. The first-order chi connectivity index (χ1) is 7.06. The van der Waals surface area contributed by atoms with Gasteiger partial charge < -0.3 is 11.1 Å². The molecule has 0 saturated carbocycles. The SMILES string of the molecule is CC(C)C(C)CNc1snc(N)c1C#N. The Morgan fingerprint density at radius 1 is 1.53 bits per heavy atom. The third-order valence-corrected chi connectivity index (χ3v) is 3.37. The highest BCUT2D eigenvalue weighted by atomic mass is 32.1. The predicted molar refractivity (Wildman–Crippen MR) is 63.7 cm³/mol. The van der Waals surface area contributed by atoms with E-state index >= 15 is 0 Å². The first-order valence-corrected chi connectivity index (χ1v) is 5.72. The number of nitrogens with zero attached hydrogens (tertiary/aromatic N) is 2. The monoisotopic (exact) mass is 224 g/mol. The molecular formula is C10H16N4S. The Kier molecular flexibility index (Phi) is 3.92. The molecular weight excluding hydrogens is 208 g/mol. The number of rotatable bonds is 4. The summed E-state index contributed by atoms with van der Waals surface area (Å²) in [5.41, 5.74) is 6.02. The molecule has 0 aliphatic rings. The van der Waals surface area contributed by atoms with Crippen molar-refractivity contribution in [3.05, 3.63) is 5.56 Å². The molecule has 82 valence electrons. The van der Waals surface area contributed by atoms with Gasteiger partial charge >= 0.3 is 0 Å². The number of anilines is 2. The quantitative estimate of drug-likeness (QED) is 0.823.